The lowest BCUT2D eigenvalue weighted by Crippen LogP contribution is -2.05. The van der Waals surface area contributed by atoms with Gasteiger partial charge < -0.3 is 4.74 Å². The van der Waals surface area contributed by atoms with Gasteiger partial charge in [0.1, 0.15) is 22.9 Å². The standard InChI is InChI=1S/C22H20N4O/c1-12-7-6-8-17-19(12)25-20-16(11-23)15(4)26(22(20)24-17)21-13(2)9-10-18(27-5)14(21)3/h6-10H,1-5H3. The molecule has 0 N–H and O–H groups in total. The van der Waals surface area contributed by atoms with Crippen molar-refractivity contribution in [3.8, 4) is 17.5 Å². The zero-order valence-corrected chi connectivity index (χ0v) is 16.1. The number of rotatable bonds is 2. The molecular weight excluding hydrogens is 336 g/mol. The second-order valence-electron chi connectivity index (χ2n) is 6.80. The van der Waals surface area contributed by atoms with E-state index in [0.29, 0.717) is 16.7 Å². The van der Waals surface area contributed by atoms with Gasteiger partial charge in [-0.3, -0.25) is 4.57 Å². The van der Waals surface area contributed by atoms with Gasteiger partial charge in [0.05, 0.1) is 23.8 Å². The molecule has 5 heteroatoms. The van der Waals surface area contributed by atoms with Crippen LogP contribution in [-0.2, 0) is 0 Å². The van der Waals surface area contributed by atoms with Crippen molar-refractivity contribution in [3.63, 3.8) is 0 Å². The molecule has 0 atom stereocenters. The van der Waals surface area contributed by atoms with Crippen LogP contribution in [0.5, 0.6) is 5.75 Å². The lowest BCUT2D eigenvalue weighted by atomic mass is 10.1. The zero-order valence-electron chi connectivity index (χ0n) is 16.1. The summed E-state index contributed by atoms with van der Waals surface area (Å²) in [6.07, 6.45) is 0. The highest BCUT2D eigenvalue weighted by Crippen LogP contribution is 2.34. The Hall–Kier alpha value is -3.39. The van der Waals surface area contributed by atoms with Crippen LogP contribution >= 0.6 is 0 Å². The third kappa shape index (κ3) is 2.37. The predicted octanol–water partition coefficient (Wildman–Crippen LogP) is 4.69. The van der Waals surface area contributed by atoms with Crippen LogP contribution in [0, 0.1) is 39.0 Å². The molecule has 0 aliphatic heterocycles. The molecule has 0 aliphatic rings. The molecule has 134 valence electrons. The number of fused-ring (bicyclic) bond motifs is 2. The van der Waals surface area contributed by atoms with E-state index in [0.717, 1.165) is 44.9 Å². The van der Waals surface area contributed by atoms with Crippen molar-refractivity contribution in [2.45, 2.75) is 27.7 Å². The average Bonchev–Trinajstić information content (AvgIpc) is 2.92. The molecule has 4 aromatic rings. The molecule has 5 nitrogen and oxygen atoms in total. The van der Waals surface area contributed by atoms with E-state index < -0.39 is 0 Å². The highest BCUT2D eigenvalue weighted by atomic mass is 16.5. The van der Waals surface area contributed by atoms with Crippen LogP contribution in [0.15, 0.2) is 30.3 Å². The van der Waals surface area contributed by atoms with Gasteiger partial charge in [-0.25, -0.2) is 9.97 Å². The van der Waals surface area contributed by atoms with E-state index in [4.69, 9.17) is 14.7 Å². The molecule has 0 saturated carbocycles. The SMILES string of the molecule is COc1ccc(C)c(-n2c(C)c(C#N)c3nc4c(C)cccc4nc32)c1C. The van der Waals surface area contributed by atoms with Gasteiger partial charge >= 0.3 is 0 Å². The summed E-state index contributed by atoms with van der Waals surface area (Å²) < 4.78 is 7.56. The Morgan fingerprint density at radius 3 is 2.44 bits per heavy atom. The van der Waals surface area contributed by atoms with Crippen LogP contribution < -0.4 is 4.74 Å². The molecule has 2 heterocycles. The third-order valence-electron chi connectivity index (χ3n) is 5.16. The number of nitrogens with zero attached hydrogens (tertiary/aromatic N) is 4. The quantitative estimate of drug-likeness (QED) is 0.523. The van der Waals surface area contributed by atoms with Gasteiger partial charge in [-0.15, -0.1) is 0 Å². The number of aromatic nitrogens is 3. The van der Waals surface area contributed by atoms with Crippen LogP contribution in [0.3, 0.4) is 0 Å². The Labute approximate surface area is 157 Å². The summed E-state index contributed by atoms with van der Waals surface area (Å²) in [6.45, 7) is 8.03. The van der Waals surface area contributed by atoms with E-state index in [1.165, 1.54) is 0 Å². The monoisotopic (exact) mass is 356 g/mol. The van der Waals surface area contributed by atoms with E-state index in [9.17, 15) is 5.26 Å². The molecule has 0 bridgehead atoms. The van der Waals surface area contributed by atoms with Gasteiger partial charge in [-0.05, 0) is 51.0 Å². The van der Waals surface area contributed by atoms with E-state index >= 15 is 0 Å². The van der Waals surface area contributed by atoms with Crippen LogP contribution in [0.1, 0.15) is 27.9 Å². The predicted molar refractivity (Wildman–Crippen MR) is 107 cm³/mol. The lowest BCUT2D eigenvalue weighted by molar-refractivity contribution is 0.411. The maximum Gasteiger partial charge on any atom is 0.165 e. The fourth-order valence-electron chi connectivity index (χ4n) is 3.76. The molecule has 2 aromatic carbocycles. The highest BCUT2D eigenvalue weighted by molar-refractivity contribution is 5.92. The molecule has 0 saturated heterocycles. The smallest absolute Gasteiger partial charge is 0.165 e. The van der Waals surface area contributed by atoms with Crippen molar-refractivity contribution < 1.29 is 4.74 Å². The van der Waals surface area contributed by atoms with Gasteiger partial charge in [0.2, 0.25) is 0 Å². The number of hydrogen-bond donors (Lipinski definition) is 0. The molecule has 0 aliphatic carbocycles. The summed E-state index contributed by atoms with van der Waals surface area (Å²) in [7, 11) is 1.67. The number of ether oxygens (including phenoxy) is 1. The maximum absolute atomic E-state index is 9.80. The molecule has 4 rings (SSSR count). The molecule has 0 amide bonds. The van der Waals surface area contributed by atoms with E-state index in [1.54, 1.807) is 7.11 Å². The Morgan fingerprint density at radius 2 is 1.74 bits per heavy atom. The van der Waals surface area contributed by atoms with E-state index in [2.05, 4.69) is 13.0 Å². The second kappa shape index (κ2) is 6.10. The van der Waals surface area contributed by atoms with Gasteiger partial charge in [0.25, 0.3) is 0 Å². The van der Waals surface area contributed by atoms with Crippen molar-refractivity contribution in [1.82, 2.24) is 14.5 Å². The zero-order chi connectivity index (χ0) is 19.3. The molecule has 2 aromatic heterocycles. The van der Waals surface area contributed by atoms with Crippen molar-refractivity contribution in [2.75, 3.05) is 7.11 Å². The minimum absolute atomic E-state index is 0.560. The van der Waals surface area contributed by atoms with Crippen LogP contribution in [-0.4, -0.2) is 21.6 Å². The first-order valence-electron chi connectivity index (χ1n) is 8.81. The van der Waals surface area contributed by atoms with Crippen molar-refractivity contribution in [1.29, 1.82) is 5.26 Å². The molecule has 0 unspecified atom stereocenters. The normalized spacial score (nSPS) is 11.1. The minimum Gasteiger partial charge on any atom is -0.496 e. The summed E-state index contributed by atoms with van der Waals surface area (Å²) in [5, 5.41) is 9.80. The first kappa shape index (κ1) is 17.0. The van der Waals surface area contributed by atoms with Gasteiger partial charge in [-0.2, -0.15) is 5.26 Å². The number of hydrogen-bond acceptors (Lipinski definition) is 4. The second-order valence-corrected chi connectivity index (χ2v) is 6.80. The van der Waals surface area contributed by atoms with Crippen LogP contribution in [0.4, 0.5) is 0 Å². The summed E-state index contributed by atoms with van der Waals surface area (Å²) in [5.74, 6) is 0.806. The molecule has 0 fully saturated rings. The number of benzene rings is 2. The first-order valence-corrected chi connectivity index (χ1v) is 8.81. The lowest BCUT2D eigenvalue weighted by Gasteiger charge is -2.17. The maximum atomic E-state index is 9.80. The van der Waals surface area contributed by atoms with Crippen LogP contribution in [0.2, 0.25) is 0 Å². The van der Waals surface area contributed by atoms with E-state index in [1.807, 2.05) is 55.7 Å². The van der Waals surface area contributed by atoms with Crippen molar-refractivity contribution >= 4 is 22.2 Å². The summed E-state index contributed by atoms with van der Waals surface area (Å²) >= 11 is 0. The molecule has 0 spiro atoms. The topological polar surface area (TPSA) is 63.7 Å². The van der Waals surface area contributed by atoms with Gasteiger partial charge in [-0.1, -0.05) is 18.2 Å². The Bertz CT molecular complexity index is 1260. The number of aryl methyl sites for hydroxylation is 2. The molecular formula is C22H20N4O. The fraction of sp³-hybridized carbons (Fsp3) is 0.227. The Kier molecular flexibility index (Phi) is 3.85. The highest BCUT2D eigenvalue weighted by Gasteiger charge is 2.22. The first-order chi connectivity index (χ1) is 13.0. The summed E-state index contributed by atoms with van der Waals surface area (Å²) in [6, 6.07) is 12.3. The Balaban J connectivity index is 2.20. The minimum atomic E-state index is 0.560. The fourth-order valence-corrected chi connectivity index (χ4v) is 3.76. The largest absolute Gasteiger partial charge is 0.496 e. The van der Waals surface area contributed by atoms with E-state index in [-0.39, 0.29) is 0 Å². The van der Waals surface area contributed by atoms with Crippen LogP contribution in [0.25, 0.3) is 27.9 Å². The summed E-state index contributed by atoms with van der Waals surface area (Å²) in [4.78, 5) is 9.71. The van der Waals surface area contributed by atoms with Gasteiger partial charge in [0, 0.05) is 11.3 Å². The van der Waals surface area contributed by atoms with Crippen molar-refractivity contribution in [2.24, 2.45) is 0 Å². The molecule has 27 heavy (non-hydrogen) atoms. The Morgan fingerprint density at radius 1 is 0.963 bits per heavy atom. The average molecular weight is 356 g/mol. The number of para-hydroxylation sites is 1. The number of nitriles is 1. The summed E-state index contributed by atoms with van der Waals surface area (Å²) in [5.41, 5.74) is 8.51. The third-order valence-corrected chi connectivity index (χ3v) is 5.16. The van der Waals surface area contributed by atoms with Gasteiger partial charge in [0.15, 0.2) is 5.65 Å². The number of methoxy groups -OCH3 is 1. The van der Waals surface area contributed by atoms with Crippen molar-refractivity contribution in [3.05, 3.63) is 58.3 Å². The molecule has 0 radical (unpaired) electrons.